The third-order valence-corrected chi connectivity index (χ3v) is 4.16. The molecule has 3 aromatic rings. The van der Waals surface area contributed by atoms with Gasteiger partial charge in [-0.15, -0.1) is 10.2 Å². The van der Waals surface area contributed by atoms with Crippen molar-refractivity contribution in [2.75, 3.05) is 13.7 Å². The highest BCUT2D eigenvalue weighted by molar-refractivity contribution is 5.96. The normalized spacial score (nSPS) is 11.3. The number of nitro groups is 1. The van der Waals surface area contributed by atoms with Gasteiger partial charge in [0.25, 0.3) is 11.6 Å². The van der Waals surface area contributed by atoms with E-state index in [2.05, 4.69) is 20.5 Å². The number of non-ortho nitro benzene ring substituents is 1. The average molecular weight is 423 g/mol. The smallest absolute Gasteiger partial charge is 0.283 e. The Balaban J connectivity index is 1.60. The van der Waals surface area contributed by atoms with Crippen LogP contribution in [0.3, 0.4) is 0 Å². The molecule has 1 heterocycles. The van der Waals surface area contributed by atoms with Crippen molar-refractivity contribution in [3.8, 4) is 11.6 Å². The van der Waals surface area contributed by atoms with Crippen molar-refractivity contribution < 1.29 is 24.4 Å². The van der Waals surface area contributed by atoms with Gasteiger partial charge in [0, 0.05) is 23.6 Å². The highest BCUT2D eigenvalue weighted by Gasteiger charge is 2.15. The molecule has 0 saturated heterocycles. The van der Waals surface area contributed by atoms with E-state index in [0.717, 1.165) is 5.56 Å². The number of nitrogens with zero attached hydrogens (tertiary/aromatic N) is 3. The molecule has 1 aromatic heterocycles. The summed E-state index contributed by atoms with van der Waals surface area (Å²) in [6.45, 7) is -0.418. The summed E-state index contributed by atoms with van der Waals surface area (Å²) in [5.41, 5.74) is 0.843. The number of aromatic hydroxyl groups is 1. The third kappa shape index (κ3) is 5.29. The molecule has 0 radical (unpaired) electrons. The second kappa shape index (κ2) is 9.31. The highest BCUT2D eigenvalue weighted by Crippen LogP contribution is 2.37. The van der Waals surface area contributed by atoms with Crippen LogP contribution in [0.2, 0.25) is 0 Å². The number of fused-ring (bicyclic) bond motifs is 1. The predicted molar refractivity (Wildman–Crippen MR) is 111 cm³/mol. The van der Waals surface area contributed by atoms with Gasteiger partial charge in [-0.2, -0.15) is 0 Å². The van der Waals surface area contributed by atoms with Crippen LogP contribution in [0.25, 0.3) is 17.0 Å². The molecule has 11 nitrogen and oxygen atoms in total. The number of aromatic nitrogens is 1. The SMILES string of the molecule is COc1ccc(/C=C/C(=O)NCC(=O)N=Nc2c(O)[nH]c3ccc([N+](=O)[O-])cc23)cc1. The molecular formula is C20H17N5O6. The summed E-state index contributed by atoms with van der Waals surface area (Å²) in [5, 5.41) is 30.6. The molecule has 0 atom stereocenters. The predicted octanol–water partition coefficient (Wildman–Crippen LogP) is 3.23. The van der Waals surface area contributed by atoms with Crippen LogP contribution in [-0.2, 0) is 9.59 Å². The van der Waals surface area contributed by atoms with E-state index >= 15 is 0 Å². The van der Waals surface area contributed by atoms with Crippen molar-refractivity contribution in [2.24, 2.45) is 10.2 Å². The first-order valence-electron chi connectivity index (χ1n) is 8.91. The maximum Gasteiger partial charge on any atom is 0.283 e. The van der Waals surface area contributed by atoms with Crippen LogP contribution in [0.4, 0.5) is 11.4 Å². The van der Waals surface area contributed by atoms with Gasteiger partial charge in [-0.1, -0.05) is 12.1 Å². The molecule has 0 aliphatic carbocycles. The molecule has 3 rings (SSSR count). The van der Waals surface area contributed by atoms with Gasteiger partial charge >= 0.3 is 0 Å². The Morgan fingerprint density at radius 1 is 1.26 bits per heavy atom. The van der Waals surface area contributed by atoms with Crippen LogP contribution in [0.15, 0.2) is 58.8 Å². The number of amides is 2. The van der Waals surface area contributed by atoms with E-state index in [9.17, 15) is 24.8 Å². The monoisotopic (exact) mass is 423 g/mol. The number of aromatic amines is 1. The lowest BCUT2D eigenvalue weighted by atomic mass is 10.2. The Morgan fingerprint density at radius 3 is 2.68 bits per heavy atom. The van der Waals surface area contributed by atoms with E-state index < -0.39 is 29.2 Å². The molecule has 0 spiro atoms. The first-order chi connectivity index (χ1) is 14.9. The number of nitrogens with one attached hydrogen (secondary N) is 2. The van der Waals surface area contributed by atoms with Crippen molar-refractivity contribution in [1.29, 1.82) is 0 Å². The number of methoxy groups -OCH3 is 1. The first-order valence-corrected chi connectivity index (χ1v) is 8.91. The lowest BCUT2D eigenvalue weighted by Gasteiger charge is -1.99. The minimum absolute atomic E-state index is 0.113. The molecule has 0 saturated carbocycles. The molecule has 0 aliphatic rings. The maximum atomic E-state index is 11.9. The first kappa shape index (κ1) is 21.2. The molecule has 0 bridgehead atoms. The summed E-state index contributed by atoms with van der Waals surface area (Å²) in [5.74, 6) is -0.984. The van der Waals surface area contributed by atoms with Crippen LogP contribution in [-0.4, -0.2) is 40.5 Å². The molecule has 0 aliphatic heterocycles. The Morgan fingerprint density at radius 2 is 2.00 bits per heavy atom. The van der Waals surface area contributed by atoms with Crippen molar-refractivity contribution in [1.82, 2.24) is 10.3 Å². The van der Waals surface area contributed by atoms with Crippen LogP contribution < -0.4 is 10.1 Å². The van der Waals surface area contributed by atoms with Crippen LogP contribution in [0.5, 0.6) is 11.6 Å². The number of H-pyrrole nitrogens is 1. The fourth-order valence-corrected chi connectivity index (χ4v) is 2.62. The van der Waals surface area contributed by atoms with Crippen molar-refractivity contribution in [3.05, 3.63) is 64.2 Å². The van der Waals surface area contributed by atoms with Gasteiger partial charge in [-0.05, 0) is 29.8 Å². The van der Waals surface area contributed by atoms with Gasteiger partial charge < -0.3 is 20.1 Å². The van der Waals surface area contributed by atoms with Crippen molar-refractivity contribution in [2.45, 2.75) is 0 Å². The Hall–Kier alpha value is -4.54. The third-order valence-electron chi connectivity index (χ3n) is 4.16. The lowest BCUT2D eigenvalue weighted by molar-refractivity contribution is -0.384. The second-order valence-electron chi connectivity index (χ2n) is 6.23. The second-order valence-corrected chi connectivity index (χ2v) is 6.23. The van der Waals surface area contributed by atoms with Gasteiger partial charge in [-0.3, -0.25) is 19.7 Å². The Bertz CT molecular complexity index is 1200. The molecule has 0 fully saturated rings. The molecule has 11 heteroatoms. The number of nitro benzene ring substituents is 1. The summed E-state index contributed by atoms with van der Waals surface area (Å²) < 4.78 is 5.05. The van der Waals surface area contributed by atoms with E-state index in [4.69, 9.17) is 4.74 Å². The number of carbonyl (C=O) groups excluding carboxylic acids is 2. The molecule has 2 aromatic carbocycles. The zero-order chi connectivity index (χ0) is 22.4. The number of carbonyl (C=O) groups is 2. The number of azo groups is 1. The van der Waals surface area contributed by atoms with E-state index in [1.54, 1.807) is 37.5 Å². The summed E-state index contributed by atoms with van der Waals surface area (Å²) in [6.07, 6.45) is 2.83. The standard InChI is InChI=1S/C20H17N5O6/c1-31-14-6-2-12(3-7-14)4-9-17(26)21-11-18(27)23-24-19-15-10-13(25(29)30)5-8-16(15)22-20(19)28/h2-10,22,28H,11H2,1H3,(H,21,26)/b9-4+,24-23?. The number of rotatable bonds is 7. The van der Waals surface area contributed by atoms with Crippen LogP contribution >= 0.6 is 0 Å². The minimum Gasteiger partial charge on any atom is -0.497 e. The topological polar surface area (TPSA) is 159 Å². The van der Waals surface area contributed by atoms with Crippen molar-refractivity contribution >= 4 is 40.2 Å². The van der Waals surface area contributed by atoms with Crippen molar-refractivity contribution in [3.63, 3.8) is 0 Å². The quantitative estimate of drug-likeness (QED) is 0.229. The minimum atomic E-state index is -0.773. The largest absolute Gasteiger partial charge is 0.497 e. The van der Waals surface area contributed by atoms with E-state index in [1.165, 1.54) is 24.3 Å². The Labute approximate surface area is 175 Å². The molecule has 2 amide bonds. The molecule has 158 valence electrons. The van der Waals surface area contributed by atoms with Gasteiger partial charge in [-0.25, -0.2) is 0 Å². The van der Waals surface area contributed by atoms with Gasteiger partial charge in [0.1, 0.15) is 12.3 Å². The van der Waals surface area contributed by atoms with E-state index in [-0.39, 0.29) is 16.8 Å². The number of ether oxygens (including phenoxy) is 1. The van der Waals surface area contributed by atoms with E-state index in [1.807, 2.05) is 0 Å². The molecular weight excluding hydrogens is 406 g/mol. The maximum absolute atomic E-state index is 11.9. The summed E-state index contributed by atoms with van der Waals surface area (Å²) in [4.78, 5) is 36.7. The van der Waals surface area contributed by atoms with Crippen LogP contribution in [0.1, 0.15) is 5.56 Å². The summed E-state index contributed by atoms with van der Waals surface area (Å²) >= 11 is 0. The zero-order valence-electron chi connectivity index (χ0n) is 16.2. The average Bonchev–Trinajstić information content (AvgIpc) is 3.09. The zero-order valence-corrected chi connectivity index (χ0v) is 16.2. The fourth-order valence-electron chi connectivity index (χ4n) is 2.62. The van der Waals surface area contributed by atoms with Gasteiger partial charge in [0.15, 0.2) is 5.69 Å². The van der Waals surface area contributed by atoms with Crippen LogP contribution in [0, 0.1) is 10.1 Å². The summed E-state index contributed by atoms with van der Waals surface area (Å²) in [7, 11) is 1.55. The lowest BCUT2D eigenvalue weighted by Crippen LogP contribution is -2.26. The number of benzene rings is 2. The van der Waals surface area contributed by atoms with Gasteiger partial charge in [0.2, 0.25) is 11.8 Å². The van der Waals surface area contributed by atoms with Gasteiger partial charge in [0.05, 0.1) is 17.5 Å². The molecule has 3 N–H and O–H groups in total. The molecule has 31 heavy (non-hydrogen) atoms. The molecule has 0 unspecified atom stereocenters. The Kier molecular flexibility index (Phi) is 6.36. The number of hydrogen-bond donors (Lipinski definition) is 3. The highest BCUT2D eigenvalue weighted by atomic mass is 16.6. The van der Waals surface area contributed by atoms with E-state index in [0.29, 0.717) is 11.3 Å². The number of hydrogen-bond acceptors (Lipinski definition) is 7. The fraction of sp³-hybridized carbons (Fsp3) is 0.100. The summed E-state index contributed by atoms with van der Waals surface area (Å²) in [6, 6.07) is 10.9.